The van der Waals surface area contributed by atoms with Crippen molar-refractivity contribution >= 4 is 12.2 Å². The second kappa shape index (κ2) is 5.65. The molecule has 3 N–H and O–H groups in total. The van der Waals surface area contributed by atoms with Crippen molar-refractivity contribution in [3.05, 3.63) is 47.8 Å². The van der Waals surface area contributed by atoms with Crippen LogP contribution in [0.5, 0.6) is 0 Å². The van der Waals surface area contributed by atoms with E-state index in [-0.39, 0.29) is 0 Å². The number of carbonyl (C=O) groups excluding carboxylic acids is 1. The zero-order valence-electron chi connectivity index (χ0n) is 10.5. The minimum Gasteiger partial charge on any atom is -0.350 e. The van der Waals surface area contributed by atoms with Gasteiger partial charge in [0.2, 0.25) is 0 Å². The van der Waals surface area contributed by atoms with Gasteiger partial charge in [0.1, 0.15) is 0 Å². The normalized spacial score (nSPS) is 11.8. The van der Waals surface area contributed by atoms with Gasteiger partial charge in [0.25, 0.3) is 0 Å². The van der Waals surface area contributed by atoms with Gasteiger partial charge in [-0.3, -0.25) is 0 Å². The van der Waals surface area contributed by atoms with Crippen LogP contribution in [0.25, 0.3) is 5.69 Å². The Hall–Kier alpha value is -2.84. The summed E-state index contributed by atoms with van der Waals surface area (Å²) in [6, 6.07) is 5.56. The Bertz CT molecular complexity index is 660. The summed E-state index contributed by atoms with van der Waals surface area (Å²) < 4.78 is 38.5. The largest absolute Gasteiger partial charge is 0.419 e. The van der Waals surface area contributed by atoms with Gasteiger partial charge in [-0.1, -0.05) is 12.1 Å². The first-order valence-corrected chi connectivity index (χ1v) is 5.67. The summed E-state index contributed by atoms with van der Waals surface area (Å²) in [4.78, 5) is 10.4. The Morgan fingerprint density at radius 3 is 2.52 bits per heavy atom. The van der Waals surface area contributed by atoms with E-state index in [0.717, 1.165) is 17.1 Å². The first-order chi connectivity index (χ1) is 9.86. The molecule has 0 bridgehead atoms. The number of hydrogen-bond acceptors (Lipinski definition) is 3. The van der Waals surface area contributed by atoms with E-state index in [1.165, 1.54) is 6.21 Å². The highest BCUT2D eigenvalue weighted by Gasteiger charge is 2.32. The highest BCUT2D eigenvalue weighted by molar-refractivity contribution is 5.81. The zero-order chi connectivity index (χ0) is 15.5. The van der Waals surface area contributed by atoms with Crippen LogP contribution in [-0.2, 0) is 6.18 Å². The topological polar surface area (TPSA) is 85.3 Å². The molecule has 1 aromatic carbocycles. The molecule has 9 heteroatoms. The maximum Gasteiger partial charge on any atom is 0.419 e. The highest BCUT2D eigenvalue weighted by Crippen LogP contribution is 2.29. The number of urea groups is 1. The third-order valence-electron chi connectivity index (χ3n) is 2.46. The number of rotatable bonds is 3. The second-order valence-corrected chi connectivity index (χ2v) is 4.00. The number of alkyl halides is 3. The number of nitrogens with one attached hydrogen (secondary N) is 1. The van der Waals surface area contributed by atoms with Gasteiger partial charge in [-0.25, -0.2) is 14.9 Å². The molecular formula is C12H10F3N5O. The fourth-order valence-electron chi connectivity index (χ4n) is 1.49. The number of amides is 2. The summed E-state index contributed by atoms with van der Waals surface area (Å²) in [6.45, 7) is 0. The third kappa shape index (κ3) is 3.81. The molecule has 0 aliphatic carbocycles. The summed E-state index contributed by atoms with van der Waals surface area (Å²) in [7, 11) is 0. The van der Waals surface area contributed by atoms with Crippen LogP contribution in [0, 0.1) is 0 Å². The Kier molecular flexibility index (Phi) is 3.92. The van der Waals surface area contributed by atoms with Crippen LogP contribution in [0.1, 0.15) is 11.1 Å². The fraction of sp³-hybridized carbons (Fsp3) is 0.0833. The minimum absolute atomic E-state index is 0.463. The van der Waals surface area contributed by atoms with Crippen LogP contribution < -0.4 is 11.2 Å². The molecule has 6 nitrogen and oxygen atoms in total. The third-order valence-corrected chi connectivity index (χ3v) is 2.46. The predicted molar refractivity (Wildman–Crippen MR) is 68.9 cm³/mol. The van der Waals surface area contributed by atoms with E-state index in [0.29, 0.717) is 11.3 Å². The van der Waals surface area contributed by atoms with Gasteiger partial charge >= 0.3 is 12.2 Å². The van der Waals surface area contributed by atoms with Crippen molar-refractivity contribution in [1.82, 2.24) is 15.2 Å². The molecule has 2 rings (SSSR count). The van der Waals surface area contributed by atoms with E-state index in [1.807, 2.05) is 5.43 Å². The van der Waals surface area contributed by atoms with Crippen molar-refractivity contribution in [1.29, 1.82) is 0 Å². The summed E-state index contributed by atoms with van der Waals surface area (Å²) in [6.07, 6.45) is -1.42. The summed E-state index contributed by atoms with van der Waals surface area (Å²) in [5, 5.41) is 7.22. The summed E-state index contributed by atoms with van der Waals surface area (Å²) in [5.74, 6) is 0. The van der Waals surface area contributed by atoms with Gasteiger partial charge in [0.15, 0.2) is 0 Å². The van der Waals surface area contributed by atoms with Crippen molar-refractivity contribution in [2.24, 2.45) is 10.8 Å². The molecular weight excluding hydrogens is 287 g/mol. The molecule has 0 unspecified atom stereocenters. The molecule has 0 radical (unpaired) electrons. The SMILES string of the molecule is NC(=O)NN=Cc1ccc(-n2cc(C(F)(F)F)cn2)cc1. The molecule has 2 amide bonds. The second-order valence-electron chi connectivity index (χ2n) is 4.00. The first-order valence-electron chi connectivity index (χ1n) is 5.67. The lowest BCUT2D eigenvalue weighted by atomic mass is 10.2. The molecule has 21 heavy (non-hydrogen) atoms. The lowest BCUT2D eigenvalue weighted by molar-refractivity contribution is -0.137. The summed E-state index contributed by atoms with van der Waals surface area (Å²) >= 11 is 0. The lowest BCUT2D eigenvalue weighted by Gasteiger charge is -2.03. The van der Waals surface area contributed by atoms with Crippen molar-refractivity contribution in [3.8, 4) is 5.69 Å². The number of hydrazone groups is 1. The smallest absolute Gasteiger partial charge is 0.350 e. The highest BCUT2D eigenvalue weighted by atomic mass is 19.4. The number of carbonyl (C=O) groups is 1. The van der Waals surface area contributed by atoms with Crippen molar-refractivity contribution in [2.75, 3.05) is 0 Å². The number of nitrogens with two attached hydrogens (primary N) is 1. The molecule has 0 aliphatic rings. The standard InChI is InChI=1S/C12H10F3N5O/c13-12(14,15)9-6-18-20(7-9)10-3-1-8(2-4-10)5-17-19-11(16)21/h1-7H,(H3,16,19,21). The van der Waals surface area contributed by atoms with E-state index >= 15 is 0 Å². The average Bonchev–Trinajstić information content (AvgIpc) is 2.88. The van der Waals surface area contributed by atoms with Gasteiger partial charge < -0.3 is 5.73 Å². The number of hydrogen-bond donors (Lipinski definition) is 2. The molecule has 0 fully saturated rings. The molecule has 110 valence electrons. The Labute approximate surface area is 117 Å². The van der Waals surface area contributed by atoms with Crippen LogP contribution in [0.4, 0.5) is 18.0 Å². The van der Waals surface area contributed by atoms with E-state index in [4.69, 9.17) is 5.73 Å². The Morgan fingerprint density at radius 2 is 2.00 bits per heavy atom. The molecule has 0 saturated heterocycles. The van der Waals surface area contributed by atoms with Crippen LogP contribution in [0.2, 0.25) is 0 Å². The Balaban J connectivity index is 2.14. The molecule has 1 heterocycles. The van der Waals surface area contributed by atoms with E-state index in [9.17, 15) is 18.0 Å². The number of benzene rings is 1. The van der Waals surface area contributed by atoms with Gasteiger partial charge in [-0.15, -0.1) is 0 Å². The van der Waals surface area contributed by atoms with E-state index in [1.54, 1.807) is 24.3 Å². The van der Waals surface area contributed by atoms with Crippen molar-refractivity contribution < 1.29 is 18.0 Å². The van der Waals surface area contributed by atoms with Gasteiger partial charge in [0, 0.05) is 6.20 Å². The molecule has 2 aromatic rings. The lowest BCUT2D eigenvalue weighted by Crippen LogP contribution is -2.24. The number of halogens is 3. The van der Waals surface area contributed by atoms with Gasteiger partial charge in [-0.05, 0) is 17.7 Å². The fourth-order valence-corrected chi connectivity index (χ4v) is 1.49. The Morgan fingerprint density at radius 1 is 1.33 bits per heavy atom. The monoisotopic (exact) mass is 297 g/mol. The zero-order valence-corrected chi connectivity index (χ0v) is 10.5. The quantitative estimate of drug-likeness (QED) is 0.669. The number of nitrogens with zero attached hydrogens (tertiary/aromatic N) is 3. The molecule has 0 aliphatic heterocycles. The first kappa shape index (κ1) is 14.6. The number of primary amides is 1. The van der Waals surface area contributed by atoms with E-state index in [2.05, 4.69) is 10.2 Å². The number of aromatic nitrogens is 2. The summed E-state index contributed by atoms with van der Waals surface area (Å²) in [5.41, 5.74) is 7.13. The van der Waals surface area contributed by atoms with Crippen LogP contribution in [0.3, 0.4) is 0 Å². The molecule has 0 spiro atoms. The van der Waals surface area contributed by atoms with E-state index < -0.39 is 17.8 Å². The van der Waals surface area contributed by atoms with Gasteiger partial charge in [-0.2, -0.15) is 23.4 Å². The van der Waals surface area contributed by atoms with Crippen LogP contribution >= 0.6 is 0 Å². The van der Waals surface area contributed by atoms with Crippen molar-refractivity contribution in [2.45, 2.75) is 6.18 Å². The maximum atomic E-state index is 12.5. The van der Waals surface area contributed by atoms with Crippen LogP contribution in [0.15, 0.2) is 41.8 Å². The minimum atomic E-state index is -4.43. The molecule has 0 saturated carbocycles. The van der Waals surface area contributed by atoms with Crippen molar-refractivity contribution in [3.63, 3.8) is 0 Å². The van der Waals surface area contributed by atoms with Gasteiger partial charge in [0.05, 0.1) is 23.7 Å². The van der Waals surface area contributed by atoms with Crippen LogP contribution in [-0.4, -0.2) is 22.0 Å². The predicted octanol–water partition coefficient (Wildman–Crippen LogP) is 1.89. The maximum absolute atomic E-state index is 12.5. The average molecular weight is 297 g/mol. The molecule has 1 aromatic heterocycles. The molecule has 0 atom stereocenters.